The smallest absolute Gasteiger partial charge is 0.256 e. The van der Waals surface area contributed by atoms with Gasteiger partial charge in [-0.1, -0.05) is 6.07 Å². The van der Waals surface area contributed by atoms with Crippen LogP contribution < -0.4 is 11.1 Å². The largest absolute Gasteiger partial charge is 0.398 e. The van der Waals surface area contributed by atoms with Crippen LogP contribution in [0.4, 0.5) is 15.8 Å². The molecule has 0 radical (unpaired) electrons. The van der Waals surface area contributed by atoms with Gasteiger partial charge in [0.1, 0.15) is 11.9 Å². The molecule has 1 amide bonds. The molecule has 4 nitrogen and oxygen atoms in total. The summed E-state index contributed by atoms with van der Waals surface area (Å²) >= 11 is 3.23. The number of nitrogens with zero attached hydrogens (tertiary/aromatic N) is 1. The zero-order chi connectivity index (χ0) is 14.7. The van der Waals surface area contributed by atoms with Crippen molar-refractivity contribution in [2.24, 2.45) is 0 Å². The maximum atomic E-state index is 13.0. The minimum absolute atomic E-state index is 0.0541. The van der Waals surface area contributed by atoms with Gasteiger partial charge in [-0.15, -0.1) is 0 Å². The molecule has 0 aliphatic heterocycles. The molecule has 6 heteroatoms. The zero-order valence-electron chi connectivity index (χ0n) is 10.2. The molecule has 0 spiro atoms. The molecule has 0 aliphatic carbocycles. The van der Waals surface area contributed by atoms with Crippen LogP contribution in [0.1, 0.15) is 15.9 Å². The summed E-state index contributed by atoms with van der Waals surface area (Å²) in [7, 11) is 0. The van der Waals surface area contributed by atoms with Crippen molar-refractivity contribution < 1.29 is 9.18 Å². The number of hydrogen-bond donors (Lipinski definition) is 2. The predicted octanol–water partition coefficient (Wildman–Crippen LogP) is 3.29. The van der Waals surface area contributed by atoms with Gasteiger partial charge in [0, 0.05) is 5.69 Å². The predicted molar refractivity (Wildman–Crippen MR) is 77.6 cm³/mol. The summed E-state index contributed by atoms with van der Waals surface area (Å²) in [6, 6.07) is 10.3. The highest BCUT2D eigenvalue weighted by Crippen LogP contribution is 2.25. The van der Waals surface area contributed by atoms with Crippen LogP contribution in [0.25, 0.3) is 0 Å². The van der Waals surface area contributed by atoms with Crippen LogP contribution in [0.2, 0.25) is 0 Å². The minimum Gasteiger partial charge on any atom is -0.398 e. The van der Waals surface area contributed by atoms with E-state index in [9.17, 15) is 9.18 Å². The van der Waals surface area contributed by atoms with Gasteiger partial charge in [0.05, 0.1) is 21.3 Å². The first-order valence-corrected chi connectivity index (χ1v) is 6.37. The number of carbonyl (C=O) groups is 1. The number of benzene rings is 2. The highest BCUT2D eigenvalue weighted by Gasteiger charge is 2.14. The van der Waals surface area contributed by atoms with E-state index in [4.69, 9.17) is 11.0 Å². The molecular weight excluding hydrogens is 325 g/mol. The quantitative estimate of drug-likeness (QED) is 0.827. The summed E-state index contributed by atoms with van der Waals surface area (Å²) in [5, 5.41) is 11.5. The Morgan fingerprint density at radius 2 is 2.10 bits per heavy atom. The Morgan fingerprint density at radius 3 is 2.80 bits per heavy atom. The maximum Gasteiger partial charge on any atom is 0.256 e. The van der Waals surface area contributed by atoms with E-state index in [1.807, 2.05) is 6.07 Å². The Kier molecular flexibility index (Phi) is 4.01. The van der Waals surface area contributed by atoms with Gasteiger partial charge in [-0.2, -0.15) is 5.26 Å². The van der Waals surface area contributed by atoms with Gasteiger partial charge in [-0.3, -0.25) is 4.79 Å². The third-order valence-corrected chi connectivity index (χ3v) is 3.51. The van der Waals surface area contributed by atoms with E-state index < -0.39 is 11.7 Å². The van der Waals surface area contributed by atoms with Crippen molar-refractivity contribution in [2.45, 2.75) is 0 Å². The maximum absolute atomic E-state index is 13.0. The second-order valence-corrected chi connectivity index (χ2v) is 4.76. The van der Waals surface area contributed by atoms with Crippen LogP contribution in [0.3, 0.4) is 0 Å². The molecule has 0 unspecified atom stereocenters. The van der Waals surface area contributed by atoms with E-state index in [1.165, 1.54) is 12.1 Å². The first kappa shape index (κ1) is 14.0. The molecule has 0 atom stereocenters. The average Bonchev–Trinajstić information content (AvgIpc) is 2.43. The van der Waals surface area contributed by atoms with Crippen LogP contribution in [0.5, 0.6) is 0 Å². The summed E-state index contributed by atoms with van der Waals surface area (Å²) < 4.78 is 13.5. The van der Waals surface area contributed by atoms with Gasteiger partial charge in [-0.25, -0.2) is 4.39 Å². The molecular formula is C14H9BrFN3O. The van der Waals surface area contributed by atoms with Crippen LogP contribution in [0, 0.1) is 17.1 Å². The van der Waals surface area contributed by atoms with Crippen LogP contribution in [-0.2, 0) is 0 Å². The van der Waals surface area contributed by atoms with Crippen LogP contribution in [0.15, 0.2) is 40.9 Å². The summed E-state index contributed by atoms with van der Waals surface area (Å²) in [5.74, 6) is -0.975. The molecule has 0 heterocycles. The summed E-state index contributed by atoms with van der Waals surface area (Å²) in [4.78, 5) is 12.1. The molecule has 0 aliphatic rings. The molecule has 20 heavy (non-hydrogen) atoms. The zero-order valence-corrected chi connectivity index (χ0v) is 11.7. The number of anilines is 2. The molecule has 0 saturated heterocycles. The lowest BCUT2D eigenvalue weighted by atomic mass is 10.1. The lowest BCUT2D eigenvalue weighted by molar-refractivity contribution is 0.102. The molecule has 2 aromatic rings. The number of hydrogen-bond acceptors (Lipinski definition) is 3. The Morgan fingerprint density at radius 1 is 1.35 bits per heavy atom. The standard InChI is InChI=1S/C14H9BrFN3O/c15-13-10(2-1-3-11(13)18)14(20)19-12-5-4-9(16)6-8(12)7-17/h1-6H,18H2,(H,19,20). The fourth-order valence-corrected chi connectivity index (χ4v) is 2.08. The van der Waals surface area contributed by atoms with Crippen molar-refractivity contribution in [3.8, 4) is 6.07 Å². The van der Waals surface area contributed by atoms with Crippen LogP contribution >= 0.6 is 15.9 Å². The highest BCUT2D eigenvalue weighted by atomic mass is 79.9. The number of carbonyl (C=O) groups excluding carboxylic acids is 1. The topological polar surface area (TPSA) is 78.9 Å². The number of amides is 1. The van der Waals surface area contributed by atoms with Crippen molar-refractivity contribution in [3.05, 3.63) is 57.8 Å². The molecule has 0 fully saturated rings. The number of halogens is 2. The number of nitrogens with two attached hydrogens (primary N) is 1. The summed E-state index contributed by atoms with van der Waals surface area (Å²) in [5.41, 5.74) is 6.76. The second-order valence-electron chi connectivity index (χ2n) is 3.96. The van der Waals surface area contributed by atoms with Gasteiger partial charge in [0.25, 0.3) is 5.91 Å². The van der Waals surface area contributed by atoms with Crippen LogP contribution in [-0.4, -0.2) is 5.91 Å². The van der Waals surface area contributed by atoms with E-state index in [1.54, 1.807) is 18.2 Å². The van der Waals surface area contributed by atoms with Crippen molar-refractivity contribution >= 4 is 33.2 Å². The Balaban J connectivity index is 2.33. The Bertz CT molecular complexity index is 725. The van der Waals surface area contributed by atoms with Gasteiger partial charge >= 0.3 is 0 Å². The van der Waals surface area contributed by atoms with E-state index in [-0.39, 0.29) is 11.3 Å². The lowest BCUT2D eigenvalue weighted by Crippen LogP contribution is -2.14. The number of nitriles is 1. The first-order chi connectivity index (χ1) is 9.52. The van der Waals surface area contributed by atoms with Crippen molar-refractivity contribution in [1.82, 2.24) is 0 Å². The summed E-state index contributed by atoms with van der Waals surface area (Å²) in [6.45, 7) is 0. The number of nitrogens with one attached hydrogen (secondary N) is 1. The normalized spacial score (nSPS) is 9.85. The second kappa shape index (κ2) is 5.72. The van der Waals surface area contributed by atoms with E-state index >= 15 is 0 Å². The number of nitrogen functional groups attached to an aromatic ring is 1. The fourth-order valence-electron chi connectivity index (χ4n) is 1.63. The average molecular weight is 334 g/mol. The third-order valence-electron chi connectivity index (χ3n) is 2.62. The molecule has 0 bridgehead atoms. The molecule has 2 aromatic carbocycles. The van der Waals surface area contributed by atoms with Gasteiger partial charge in [0.15, 0.2) is 0 Å². The van der Waals surface area contributed by atoms with Gasteiger partial charge in [0.2, 0.25) is 0 Å². The Hall–Kier alpha value is -2.39. The third kappa shape index (κ3) is 2.78. The first-order valence-electron chi connectivity index (χ1n) is 5.58. The highest BCUT2D eigenvalue weighted by molar-refractivity contribution is 9.10. The van der Waals surface area contributed by atoms with Crippen molar-refractivity contribution in [2.75, 3.05) is 11.1 Å². The lowest BCUT2D eigenvalue weighted by Gasteiger charge is -2.09. The SMILES string of the molecule is N#Cc1cc(F)ccc1NC(=O)c1cccc(N)c1Br. The molecule has 2 rings (SSSR count). The Labute approximate surface area is 123 Å². The molecule has 3 N–H and O–H groups in total. The van der Waals surface area contributed by atoms with E-state index in [2.05, 4.69) is 21.2 Å². The van der Waals surface area contributed by atoms with Gasteiger partial charge in [-0.05, 0) is 46.3 Å². The minimum atomic E-state index is -0.537. The molecule has 100 valence electrons. The molecule has 0 aromatic heterocycles. The molecule has 0 saturated carbocycles. The van der Waals surface area contributed by atoms with E-state index in [0.29, 0.717) is 15.7 Å². The van der Waals surface area contributed by atoms with E-state index in [0.717, 1.165) is 6.07 Å². The monoisotopic (exact) mass is 333 g/mol. The van der Waals surface area contributed by atoms with Crippen molar-refractivity contribution in [3.63, 3.8) is 0 Å². The fraction of sp³-hybridized carbons (Fsp3) is 0. The van der Waals surface area contributed by atoms with Gasteiger partial charge < -0.3 is 11.1 Å². The summed E-state index contributed by atoms with van der Waals surface area (Å²) in [6.07, 6.45) is 0. The number of rotatable bonds is 2. The van der Waals surface area contributed by atoms with Crippen molar-refractivity contribution in [1.29, 1.82) is 5.26 Å².